The van der Waals surface area contributed by atoms with Gasteiger partial charge in [-0.15, -0.1) is 0 Å². The Morgan fingerprint density at radius 3 is 1.70 bits per heavy atom. The van der Waals surface area contributed by atoms with Crippen LogP contribution in [0, 0.1) is 5.92 Å². The molecule has 0 aliphatic heterocycles. The van der Waals surface area contributed by atoms with Crippen LogP contribution < -0.4 is 10.6 Å². The first-order valence-electron chi connectivity index (χ1n) is 7.65. The van der Waals surface area contributed by atoms with Gasteiger partial charge in [-0.05, 0) is 37.0 Å². The van der Waals surface area contributed by atoms with E-state index in [4.69, 9.17) is 0 Å². The lowest BCUT2D eigenvalue weighted by molar-refractivity contribution is 0.551. The SMILES string of the molecule is CC(C)CCCCP(c1ccccc1)c1ccccc1. The summed E-state index contributed by atoms with van der Waals surface area (Å²) in [5.74, 6) is 0.828. The van der Waals surface area contributed by atoms with Crippen LogP contribution in [0.5, 0.6) is 0 Å². The average Bonchev–Trinajstić information content (AvgIpc) is 2.49. The standard InChI is InChI=1S/C19H25P/c1-17(2)11-9-10-16-20(18-12-5-3-6-13-18)19-14-7-4-8-15-19/h3-8,12-15,17H,9-11,16H2,1-2H3. The zero-order valence-corrected chi connectivity index (χ0v) is 13.5. The summed E-state index contributed by atoms with van der Waals surface area (Å²) in [7, 11) is -0.182. The van der Waals surface area contributed by atoms with E-state index in [0.29, 0.717) is 0 Å². The Bertz CT molecular complexity index is 436. The lowest BCUT2D eigenvalue weighted by atomic mass is 10.1. The lowest BCUT2D eigenvalue weighted by Gasteiger charge is -2.19. The molecule has 0 fully saturated rings. The summed E-state index contributed by atoms with van der Waals surface area (Å²) >= 11 is 0. The minimum Gasteiger partial charge on any atom is -0.0628 e. The Morgan fingerprint density at radius 1 is 0.750 bits per heavy atom. The van der Waals surface area contributed by atoms with Crippen molar-refractivity contribution >= 4 is 18.5 Å². The number of rotatable bonds is 7. The number of unbranched alkanes of at least 4 members (excludes halogenated alkanes) is 1. The van der Waals surface area contributed by atoms with Gasteiger partial charge in [0.05, 0.1) is 0 Å². The zero-order chi connectivity index (χ0) is 14.2. The summed E-state index contributed by atoms with van der Waals surface area (Å²) in [5, 5.41) is 3.02. The molecule has 0 aromatic heterocycles. The first-order chi connectivity index (χ1) is 9.77. The molecule has 0 N–H and O–H groups in total. The summed E-state index contributed by atoms with van der Waals surface area (Å²) in [4.78, 5) is 0. The van der Waals surface area contributed by atoms with Gasteiger partial charge in [0, 0.05) is 0 Å². The van der Waals surface area contributed by atoms with Crippen molar-refractivity contribution in [2.24, 2.45) is 5.92 Å². The van der Waals surface area contributed by atoms with Gasteiger partial charge < -0.3 is 0 Å². The summed E-state index contributed by atoms with van der Waals surface area (Å²) in [5.41, 5.74) is 0. The molecule has 0 aliphatic carbocycles. The Hall–Kier alpha value is -1.13. The van der Waals surface area contributed by atoms with E-state index in [1.54, 1.807) is 0 Å². The largest absolute Gasteiger partial charge is 0.0628 e. The van der Waals surface area contributed by atoms with Crippen LogP contribution in [0.2, 0.25) is 0 Å². The van der Waals surface area contributed by atoms with E-state index < -0.39 is 0 Å². The van der Waals surface area contributed by atoms with E-state index in [0.717, 1.165) is 5.92 Å². The topological polar surface area (TPSA) is 0 Å². The third-order valence-electron chi connectivity index (χ3n) is 3.55. The van der Waals surface area contributed by atoms with Gasteiger partial charge in [0.2, 0.25) is 0 Å². The highest BCUT2D eigenvalue weighted by Crippen LogP contribution is 2.34. The van der Waals surface area contributed by atoms with E-state index in [2.05, 4.69) is 74.5 Å². The molecule has 0 unspecified atom stereocenters. The molecule has 0 amide bonds. The third kappa shape index (κ3) is 4.76. The molecule has 0 saturated heterocycles. The normalized spacial score (nSPS) is 11.2. The molecule has 0 radical (unpaired) electrons. The summed E-state index contributed by atoms with van der Waals surface area (Å²) in [6, 6.07) is 22.1. The molecule has 2 aromatic rings. The highest BCUT2D eigenvalue weighted by Gasteiger charge is 2.12. The van der Waals surface area contributed by atoms with E-state index in [-0.39, 0.29) is 7.92 Å². The predicted octanol–water partition coefficient (Wildman–Crippen LogP) is 4.95. The van der Waals surface area contributed by atoms with Gasteiger partial charge in [-0.1, -0.05) is 87.4 Å². The molecule has 2 rings (SSSR count). The van der Waals surface area contributed by atoms with Crippen LogP contribution >= 0.6 is 7.92 Å². The van der Waals surface area contributed by atoms with Crippen molar-refractivity contribution in [3.63, 3.8) is 0 Å². The lowest BCUT2D eigenvalue weighted by Crippen LogP contribution is -2.13. The summed E-state index contributed by atoms with van der Waals surface area (Å²) in [6.07, 6.45) is 5.37. The van der Waals surface area contributed by atoms with Crippen LogP contribution in [0.25, 0.3) is 0 Å². The fraction of sp³-hybridized carbons (Fsp3) is 0.368. The molecule has 0 saturated carbocycles. The average molecular weight is 284 g/mol. The molecule has 0 aliphatic rings. The second kappa shape index (κ2) is 8.22. The maximum atomic E-state index is 2.32. The minimum atomic E-state index is -0.182. The van der Waals surface area contributed by atoms with Crippen LogP contribution in [-0.2, 0) is 0 Å². The Labute approximate surface area is 125 Å². The minimum absolute atomic E-state index is 0.182. The van der Waals surface area contributed by atoms with Gasteiger partial charge in [0.1, 0.15) is 0 Å². The van der Waals surface area contributed by atoms with Gasteiger partial charge in [0.15, 0.2) is 0 Å². The van der Waals surface area contributed by atoms with E-state index in [1.165, 1.54) is 36.0 Å². The molecule has 1 heteroatoms. The van der Waals surface area contributed by atoms with Crippen molar-refractivity contribution in [1.82, 2.24) is 0 Å². The highest BCUT2D eigenvalue weighted by atomic mass is 31.1. The Morgan fingerprint density at radius 2 is 1.25 bits per heavy atom. The van der Waals surface area contributed by atoms with Crippen molar-refractivity contribution in [2.75, 3.05) is 6.16 Å². The first kappa shape index (κ1) is 15.3. The van der Waals surface area contributed by atoms with Crippen LogP contribution in [0.4, 0.5) is 0 Å². The van der Waals surface area contributed by atoms with Gasteiger partial charge in [-0.2, -0.15) is 0 Å². The van der Waals surface area contributed by atoms with Gasteiger partial charge >= 0.3 is 0 Å². The number of hydrogen-bond donors (Lipinski definition) is 0. The second-order valence-corrected chi connectivity index (χ2v) is 8.05. The van der Waals surface area contributed by atoms with Crippen LogP contribution in [0.15, 0.2) is 60.7 Å². The molecule has 0 spiro atoms. The molecular weight excluding hydrogens is 259 g/mol. The van der Waals surface area contributed by atoms with Crippen molar-refractivity contribution < 1.29 is 0 Å². The summed E-state index contributed by atoms with van der Waals surface area (Å²) in [6.45, 7) is 4.63. The van der Waals surface area contributed by atoms with E-state index in [1.807, 2.05) is 0 Å². The third-order valence-corrected chi connectivity index (χ3v) is 6.16. The second-order valence-electron chi connectivity index (χ2n) is 5.71. The first-order valence-corrected chi connectivity index (χ1v) is 9.17. The molecule has 0 nitrogen and oxygen atoms in total. The van der Waals surface area contributed by atoms with E-state index in [9.17, 15) is 0 Å². The number of benzene rings is 2. The van der Waals surface area contributed by atoms with Crippen molar-refractivity contribution in [1.29, 1.82) is 0 Å². The monoisotopic (exact) mass is 284 g/mol. The van der Waals surface area contributed by atoms with Crippen LogP contribution in [0.1, 0.15) is 33.1 Å². The van der Waals surface area contributed by atoms with Crippen molar-refractivity contribution in [3.8, 4) is 0 Å². The predicted molar refractivity (Wildman–Crippen MR) is 92.6 cm³/mol. The molecule has 106 valence electrons. The Kier molecular flexibility index (Phi) is 6.27. The summed E-state index contributed by atoms with van der Waals surface area (Å²) < 4.78 is 0. The maximum Gasteiger partial charge on any atom is -0.0195 e. The van der Waals surface area contributed by atoms with Crippen molar-refractivity contribution in [3.05, 3.63) is 60.7 Å². The fourth-order valence-corrected chi connectivity index (χ4v) is 4.86. The van der Waals surface area contributed by atoms with Crippen LogP contribution in [0.3, 0.4) is 0 Å². The van der Waals surface area contributed by atoms with Gasteiger partial charge in [-0.25, -0.2) is 0 Å². The molecule has 0 atom stereocenters. The zero-order valence-electron chi connectivity index (χ0n) is 12.6. The highest BCUT2D eigenvalue weighted by molar-refractivity contribution is 7.73. The number of hydrogen-bond acceptors (Lipinski definition) is 0. The van der Waals surface area contributed by atoms with E-state index >= 15 is 0 Å². The van der Waals surface area contributed by atoms with Gasteiger partial charge in [-0.3, -0.25) is 0 Å². The Balaban J connectivity index is 2.06. The van der Waals surface area contributed by atoms with Gasteiger partial charge in [0.25, 0.3) is 0 Å². The molecule has 0 heterocycles. The molecular formula is C19H25P. The molecule has 0 bridgehead atoms. The quantitative estimate of drug-likeness (QED) is 0.499. The van der Waals surface area contributed by atoms with Crippen LogP contribution in [-0.4, -0.2) is 6.16 Å². The maximum absolute atomic E-state index is 2.32. The molecule has 20 heavy (non-hydrogen) atoms. The van der Waals surface area contributed by atoms with Crippen molar-refractivity contribution in [2.45, 2.75) is 33.1 Å². The fourth-order valence-electron chi connectivity index (χ4n) is 2.45. The smallest absolute Gasteiger partial charge is 0.0195 e. The molecule has 2 aromatic carbocycles.